The van der Waals surface area contributed by atoms with Gasteiger partial charge in [0, 0.05) is 19.2 Å². The Bertz CT molecular complexity index is 626. The fourth-order valence-electron chi connectivity index (χ4n) is 1.95. The Morgan fingerprint density at radius 2 is 1.90 bits per heavy atom. The van der Waals surface area contributed by atoms with Gasteiger partial charge >= 0.3 is 0 Å². The molecule has 0 radical (unpaired) electrons. The quantitative estimate of drug-likeness (QED) is 0.891. The first kappa shape index (κ1) is 14.1. The largest absolute Gasteiger partial charge is 0.379 e. The molecule has 0 unspecified atom stereocenters. The van der Waals surface area contributed by atoms with Gasteiger partial charge in [0.15, 0.2) is 0 Å². The van der Waals surface area contributed by atoms with Crippen LogP contribution in [-0.4, -0.2) is 5.91 Å². The average Bonchev–Trinajstić information content (AvgIpc) is 2.41. The summed E-state index contributed by atoms with van der Waals surface area (Å²) in [6.45, 7) is 3.82. The molecule has 4 heteroatoms. The normalized spacial score (nSPS) is 10.2. The van der Waals surface area contributed by atoms with E-state index in [9.17, 15) is 9.18 Å². The van der Waals surface area contributed by atoms with Gasteiger partial charge in [-0.1, -0.05) is 24.3 Å². The van der Waals surface area contributed by atoms with E-state index in [1.807, 2.05) is 31.2 Å². The van der Waals surface area contributed by atoms with E-state index >= 15 is 0 Å². The van der Waals surface area contributed by atoms with E-state index in [4.69, 9.17) is 0 Å². The highest BCUT2D eigenvalue weighted by atomic mass is 19.1. The summed E-state index contributed by atoms with van der Waals surface area (Å²) in [6, 6.07) is 12.4. The number of anilines is 2. The van der Waals surface area contributed by atoms with Crippen molar-refractivity contribution in [1.82, 2.24) is 0 Å². The van der Waals surface area contributed by atoms with Crippen molar-refractivity contribution < 1.29 is 9.18 Å². The molecule has 0 bridgehead atoms. The van der Waals surface area contributed by atoms with Crippen molar-refractivity contribution in [1.29, 1.82) is 0 Å². The average molecular weight is 272 g/mol. The maximum absolute atomic E-state index is 13.7. The van der Waals surface area contributed by atoms with E-state index in [1.165, 1.54) is 13.0 Å². The Morgan fingerprint density at radius 3 is 2.65 bits per heavy atom. The summed E-state index contributed by atoms with van der Waals surface area (Å²) in [5.74, 6) is -0.410. The minimum absolute atomic E-state index is 0.126. The van der Waals surface area contributed by atoms with Crippen molar-refractivity contribution in [3.8, 4) is 0 Å². The van der Waals surface area contributed by atoms with Crippen LogP contribution in [0.15, 0.2) is 42.5 Å². The van der Waals surface area contributed by atoms with Gasteiger partial charge in [0.2, 0.25) is 5.91 Å². The molecular weight excluding hydrogens is 255 g/mol. The molecule has 0 fully saturated rings. The molecular formula is C16H17FN2O. The van der Waals surface area contributed by atoms with E-state index in [-0.39, 0.29) is 11.7 Å². The topological polar surface area (TPSA) is 41.1 Å². The molecule has 0 heterocycles. The summed E-state index contributed by atoms with van der Waals surface area (Å²) in [5.41, 5.74) is 3.09. The van der Waals surface area contributed by atoms with Crippen LogP contribution in [-0.2, 0) is 11.3 Å². The van der Waals surface area contributed by atoms with Crippen molar-refractivity contribution in [2.75, 3.05) is 10.6 Å². The first-order valence-corrected chi connectivity index (χ1v) is 6.42. The maximum atomic E-state index is 13.7. The van der Waals surface area contributed by atoms with Gasteiger partial charge in [-0.2, -0.15) is 0 Å². The van der Waals surface area contributed by atoms with E-state index in [0.717, 1.165) is 16.8 Å². The number of amides is 1. The Hall–Kier alpha value is -2.36. The molecule has 2 aromatic carbocycles. The molecule has 3 nitrogen and oxygen atoms in total. The minimum Gasteiger partial charge on any atom is -0.379 e. The first-order chi connectivity index (χ1) is 9.56. The van der Waals surface area contributed by atoms with E-state index in [1.54, 1.807) is 12.1 Å². The summed E-state index contributed by atoms with van der Waals surface area (Å²) in [6.07, 6.45) is 0. The Labute approximate surface area is 117 Å². The predicted molar refractivity (Wildman–Crippen MR) is 79.2 cm³/mol. The standard InChI is InChI=1S/C16H17FN2O/c1-11-7-8-14(17)16(9-11)18-10-13-5-3-4-6-15(13)19-12(2)20/h3-9,18H,10H2,1-2H3,(H,19,20). The lowest BCUT2D eigenvalue weighted by Crippen LogP contribution is -2.10. The molecule has 104 valence electrons. The number of carbonyl (C=O) groups excluding carboxylic acids is 1. The molecule has 20 heavy (non-hydrogen) atoms. The van der Waals surface area contributed by atoms with Gasteiger partial charge in [-0.05, 0) is 36.2 Å². The summed E-state index contributed by atoms with van der Waals surface area (Å²) in [7, 11) is 0. The van der Waals surface area contributed by atoms with Crippen LogP contribution in [0.5, 0.6) is 0 Å². The van der Waals surface area contributed by atoms with E-state index in [2.05, 4.69) is 10.6 Å². The zero-order valence-corrected chi connectivity index (χ0v) is 11.5. The second kappa shape index (κ2) is 6.19. The third kappa shape index (κ3) is 3.57. The predicted octanol–water partition coefficient (Wildman–Crippen LogP) is 3.70. The van der Waals surface area contributed by atoms with Gasteiger partial charge in [0.25, 0.3) is 0 Å². The zero-order valence-electron chi connectivity index (χ0n) is 11.5. The number of para-hydroxylation sites is 1. The smallest absolute Gasteiger partial charge is 0.221 e. The second-order valence-electron chi connectivity index (χ2n) is 4.68. The van der Waals surface area contributed by atoms with Crippen LogP contribution in [0.3, 0.4) is 0 Å². The summed E-state index contributed by atoms with van der Waals surface area (Å²) >= 11 is 0. The Morgan fingerprint density at radius 1 is 1.15 bits per heavy atom. The van der Waals surface area contributed by atoms with Crippen LogP contribution >= 0.6 is 0 Å². The van der Waals surface area contributed by atoms with Crippen molar-refractivity contribution in [2.24, 2.45) is 0 Å². The third-order valence-corrected chi connectivity index (χ3v) is 2.92. The van der Waals surface area contributed by atoms with Crippen molar-refractivity contribution in [3.63, 3.8) is 0 Å². The highest BCUT2D eigenvalue weighted by Gasteiger charge is 2.05. The molecule has 0 aliphatic carbocycles. The number of halogens is 1. The SMILES string of the molecule is CC(=O)Nc1ccccc1CNc1cc(C)ccc1F. The van der Waals surface area contributed by atoms with E-state index < -0.39 is 0 Å². The number of aryl methyl sites for hydroxylation is 1. The first-order valence-electron chi connectivity index (χ1n) is 6.42. The molecule has 0 saturated carbocycles. The van der Waals surface area contributed by atoms with Crippen LogP contribution in [0.2, 0.25) is 0 Å². The molecule has 0 aromatic heterocycles. The van der Waals surface area contributed by atoms with Gasteiger partial charge in [-0.25, -0.2) is 4.39 Å². The van der Waals surface area contributed by atoms with Crippen LogP contribution in [0.4, 0.5) is 15.8 Å². The molecule has 0 aliphatic rings. The molecule has 2 N–H and O–H groups in total. The number of benzene rings is 2. The lowest BCUT2D eigenvalue weighted by atomic mass is 10.1. The zero-order chi connectivity index (χ0) is 14.5. The molecule has 0 aliphatic heterocycles. The molecule has 2 aromatic rings. The van der Waals surface area contributed by atoms with Crippen LogP contribution < -0.4 is 10.6 Å². The molecule has 1 amide bonds. The summed E-state index contributed by atoms with van der Waals surface area (Å²) in [5, 5.41) is 5.82. The van der Waals surface area contributed by atoms with Crippen LogP contribution in [0, 0.1) is 12.7 Å². The number of nitrogens with one attached hydrogen (secondary N) is 2. The van der Waals surface area contributed by atoms with Gasteiger partial charge < -0.3 is 10.6 Å². The number of carbonyl (C=O) groups is 1. The Balaban J connectivity index is 2.14. The lowest BCUT2D eigenvalue weighted by molar-refractivity contribution is -0.114. The molecule has 0 spiro atoms. The number of hydrogen-bond donors (Lipinski definition) is 2. The van der Waals surface area contributed by atoms with Crippen molar-refractivity contribution >= 4 is 17.3 Å². The fraction of sp³-hybridized carbons (Fsp3) is 0.188. The van der Waals surface area contributed by atoms with Gasteiger partial charge in [-0.15, -0.1) is 0 Å². The van der Waals surface area contributed by atoms with Crippen molar-refractivity contribution in [3.05, 3.63) is 59.4 Å². The lowest BCUT2D eigenvalue weighted by Gasteiger charge is -2.12. The number of hydrogen-bond acceptors (Lipinski definition) is 2. The van der Waals surface area contributed by atoms with Gasteiger partial charge in [-0.3, -0.25) is 4.79 Å². The van der Waals surface area contributed by atoms with Crippen LogP contribution in [0.1, 0.15) is 18.1 Å². The van der Waals surface area contributed by atoms with Crippen LogP contribution in [0.25, 0.3) is 0 Å². The summed E-state index contributed by atoms with van der Waals surface area (Å²) < 4.78 is 13.7. The van der Waals surface area contributed by atoms with Gasteiger partial charge in [0.1, 0.15) is 5.82 Å². The molecule has 2 rings (SSSR count). The van der Waals surface area contributed by atoms with Crippen molar-refractivity contribution in [2.45, 2.75) is 20.4 Å². The third-order valence-electron chi connectivity index (χ3n) is 2.92. The van der Waals surface area contributed by atoms with Gasteiger partial charge in [0.05, 0.1) is 5.69 Å². The second-order valence-corrected chi connectivity index (χ2v) is 4.68. The Kier molecular flexibility index (Phi) is 4.35. The highest BCUT2D eigenvalue weighted by Crippen LogP contribution is 2.20. The fourth-order valence-corrected chi connectivity index (χ4v) is 1.95. The minimum atomic E-state index is -0.285. The van der Waals surface area contributed by atoms with E-state index in [0.29, 0.717) is 12.2 Å². The molecule has 0 atom stereocenters. The molecule has 0 saturated heterocycles. The number of rotatable bonds is 4. The maximum Gasteiger partial charge on any atom is 0.221 e. The summed E-state index contributed by atoms with van der Waals surface area (Å²) in [4.78, 5) is 11.1. The highest BCUT2D eigenvalue weighted by molar-refractivity contribution is 5.89. The monoisotopic (exact) mass is 272 g/mol.